The van der Waals surface area contributed by atoms with E-state index in [9.17, 15) is 23.1 Å². The first kappa shape index (κ1) is 23.1. The van der Waals surface area contributed by atoms with Crippen LogP contribution in [0.5, 0.6) is 5.75 Å². The summed E-state index contributed by atoms with van der Waals surface area (Å²) in [7, 11) is 0. The molecule has 0 amide bonds. The molecule has 162 valence electrons. The summed E-state index contributed by atoms with van der Waals surface area (Å²) >= 11 is 5.09. The van der Waals surface area contributed by atoms with Crippen molar-refractivity contribution < 1.29 is 27.8 Å². The monoisotopic (exact) mass is 443 g/mol. The molecule has 2 heterocycles. The number of nitrogens with one attached hydrogen (secondary N) is 4. The van der Waals surface area contributed by atoms with Crippen LogP contribution in [0.4, 0.5) is 13.2 Å². The Hall–Kier alpha value is -3.15. The molecule has 0 saturated carbocycles. The number of hydrogen-bond acceptors (Lipinski definition) is 6. The number of ether oxygens (including phenoxy) is 1. The highest BCUT2D eigenvalue weighted by atomic mass is 32.1. The van der Waals surface area contributed by atoms with E-state index in [1.54, 1.807) is 13.8 Å². The van der Waals surface area contributed by atoms with Crippen molar-refractivity contribution in [1.82, 2.24) is 20.9 Å². The number of aliphatic carboxylic acids is 1. The van der Waals surface area contributed by atoms with Crippen molar-refractivity contribution in [2.45, 2.75) is 38.7 Å². The highest BCUT2D eigenvalue weighted by Gasteiger charge is 2.36. The SMILES string of the molecule is CC(C)Oc1cnc(C(=N)NC(=S)NC2(C)NC=CC=C2C(=O)O)cc1C(F)(F)F. The maximum Gasteiger partial charge on any atom is 0.420 e. The molecule has 1 unspecified atom stereocenters. The van der Waals surface area contributed by atoms with Gasteiger partial charge < -0.3 is 25.8 Å². The summed E-state index contributed by atoms with van der Waals surface area (Å²) in [5.74, 6) is -2.15. The van der Waals surface area contributed by atoms with Crippen LogP contribution >= 0.6 is 12.2 Å². The lowest BCUT2D eigenvalue weighted by molar-refractivity contribution is -0.139. The Bertz CT molecular complexity index is 930. The van der Waals surface area contributed by atoms with Gasteiger partial charge in [-0.2, -0.15) is 13.2 Å². The molecule has 1 aliphatic rings. The van der Waals surface area contributed by atoms with Gasteiger partial charge in [0.25, 0.3) is 0 Å². The standard InChI is InChI=1S/C18H20F3N5O3S/c1-9(2)29-13-8-23-12(7-11(13)18(19,20)21)14(22)25-16(30)26-17(3)10(15(27)28)5-4-6-24-17/h4-9,24H,1-3H3,(H,27,28)(H3,22,25,26,30). The zero-order chi connectivity index (χ0) is 22.7. The molecule has 0 spiro atoms. The predicted molar refractivity (Wildman–Crippen MR) is 107 cm³/mol. The van der Waals surface area contributed by atoms with Crippen LogP contribution in [0.3, 0.4) is 0 Å². The zero-order valence-electron chi connectivity index (χ0n) is 16.2. The second kappa shape index (κ2) is 8.69. The normalized spacial score (nSPS) is 18.3. The molecule has 1 aromatic heterocycles. The molecule has 30 heavy (non-hydrogen) atoms. The molecule has 0 radical (unpaired) electrons. The van der Waals surface area contributed by atoms with Gasteiger partial charge in [-0.25, -0.2) is 9.78 Å². The van der Waals surface area contributed by atoms with E-state index in [1.807, 2.05) is 0 Å². The van der Waals surface area contributed by atoms with Crippen LogP contribution < -0.4 is 20.7 Å². The van der Waals surface area contributed by atoms with Crippen LogP contribution in [0.1, 0.15) is 32.0 Å². The van der Waals surface area contributed by atoms with E-state index in [1.165, 1.54) is 25.3 Å². The Labute approximate surface area is 175 Å². The van der Waals surface area contributed by atoms with Crippen molar-refractivity contribution in [1.29, 1.82) is 5.41 Å². The summed E-state index contributed by atoms with van der Waals surface area (Å²) < 4.78 is 45.3. The second-order valence-corrected chi connectivity index (χ2v) is 7.11. The van der Waals surface area contributed by atoms with Crippen molar-refractivity contribution in [3.05, 3.63) is 47.4 Å². The highest BCUT2D eigenvalue weighted by Crippen LogP contribution is 2.36. The number of nitrogens with zero attached hydrogens (tertiary/aromatic N) is 1. The van der Waals surface area contributed by atoms with E-state index >= 15 is 0 Å². The third-order valence-corrected chi connectivity index (χ3v) is 4.10. The first-order valence-corrected chi connectivity index (χ1v) is 9.04. The molecule has 0 aliphatic carbocycles. The molecule has 1 aromatic rings. The molecule has 8 nitrogen and oxygen atoms in total. The molecular formula is C18H20F3N5O3S. The number of amidine groups is 1. The fourth-order valence-corrected chi connectivity index (χ4v) is 2.88. The Balaban J connectivity index is 2.19. The fraction of sp³-hybridized carbons (Fsp3) is 0.333. The van der Waals surface area contributed by atoms with Crippen LogP contribution in [0.25, 0.3) is 0 Å². The van der Waals surface area contributed by atoms with Gasteiger partial charge in [0, 0.05) is 0 Å². The number of rotatable bonds is 5. The van der Waals surface area contributed by atoms with E-state index in [0.717, 1.165) is 6.20 Å². The van der Waals surface area contributed by atoms with Crippen molar-refractivity contribution in [2.75, 3.05) is 0 Å². The van der Waals surface area contributed by atoms with Crippen LogP contribution in [-0.4, -0.2) is 38.8 Å². The number of allylic oxidation sites excluding steroid dienone is 2. The molecule has 12 heteroatoms. The summed E-state index contributed by atoms with van der Waals surface area (Å²) in [4.78, 5) is 15.3. The van der Waals surface area contributed by atoms with E-state index in [0.29, 0.717) is 6.07 Å². The Morgan fingerprint density at radius 2 is 2.10 bits per heavy atom. The van der Waals surface area contributed by atoms with Gasteiger partial charge in [-0.05, 0) is 57.4 Å². The third kappa shape index (κ3) is 5.47. The van der Waals surface area contributed by atoms with Crippen LogP contribution in [0.15, 0.2) is 36.2 Å². The fourth-order valence-electron chi connectivity index (χ4n) is 2.58. The molecule has 1 atom stereocenters. The minimum absolute atomic E-state index is 0.0478. The summed E-state index contributed by atoms with van der Waals surface area (Å²) in [6.07, 6.45) is 0.0399. The lowest BCUT2D eigenvalue weighted by Crippen LogP contribution is -2.61. The summed E-state index contributed by atoms with van der Waals surface area (Å²) in [5.41, 5.74) is -2.75. The smallest absolute Gasteiger partial charge is 0.420 e. The maximum atomic E-state index is 13.4. The summed E-state index contributed by atoms with van der Waals surface area (Å²) in [6.45, 7) is 4.67. The Morgan fingerprint density at radius 1 is 1.43 bits per heavy atom. The average Bonchev–Trinajstić information content (AvgIpc) is 2.60. The number of thiocarbonyl (C=S) groups is 1. The van der Waals surface area contributed by atoms with Gasteiger partial charge in [0.05, 0.1) is 17.9 Å². The van der Waals surface area contributed by atoms with E-state index in [-0.39, 0.29) is 16.4 Å². The quantitative estimate of drug-likeness (QED) is 0.268. The van der Waals surface area contributed by atoms with Gasteiger partial charge >= 0.3 is 12.1 Å². The topological polar surface area (TPSA) is 119 Å². The summed E-state index contributed by atoms with van der Waals surface area (Å²) in [6, 6.07) is 0.682. The van der Waals surface area contributed by atoms with Gasteiger partial charge in [-0.15, -0.1) is 0 Å². The average molecular weight is 443 g/mol. The minimum atomic E-state index is -4.71. The van der Waals surface area contributed by atoms with Crippen molar-refractivity contribution >= 4 is 29.1 Å². The number of carboxylic acids is 1. The van der Waals surface area contributed by atoms with Crippen molar-refractivity contribution in [3.63, 3.8) is 0 Å². The first-order valence-electron chi connectivity index (χ1n) is 8.64. The molecule has 0 bridgehead atoms. The number of pyridine rings is 1. The van der Waals surface area contributed by atoms with Crippen LogP contribution in [0.2, 0.25) is 0 Å². The molecule has 5 N–H and O–H groups in total. The highest BCUT2D eigenvalue weighted by molar-refractivity contribution is 7.80. The van der Waals surface area contributed by atoms with Crippen LogP contribution in [-0.2, 0) is 11.0 Å². The van der Waals surface area contributed by atoms with Gasteiger partial charge in [0.1, 0.15) is 22.7 Å². The first-order chi connectivity index (χ1) is 13.8. The number of alkyl halides is 3. The number of dihydropyridines is 1. The molecule has 0 fully saturated rings. The summed E-state index contributed by atoms with van der Waals surface area (Å²) in [5, 5.41) is 25.1. The minimum Gasteiger partial charge on any atom is -0.489 e. The van der Waals surface area contributed by atoms with Gasteiger partial charge in [0.2, 0.25) is 0 Å². The molecule has 1 aliphatic heterocycles. The number of hydrogen-bond donors (Lipinski definition) is 5. The zero-order valence-corrected chi connectivity index (χ0v) is 17.0. The lowest BCUT2D eigenvalue weighted by Gasteiger charge is -2.34. The number of carboxylic acid groups (broad SMARTS) is 1. The Kier molecular flexibility index (Phi) is 6.70. The van der Waals surface area contributed by atoms with Gasteiger partial charge in [-0.1, -0.05) is 0 Å². The third-order valence-electron chi connectivity index (χ3n) is 3.89. The molecule has 0 saturated heterocycles. The number of halogens is 3. The van der Waals surface area contributed by atoms with Crippen molar-refractivity contribution in [2.24, 2.45) is 0 Å². The Morgan fingerprint density at radius 3 is 2.67 bits per heavy atom. The molecule has 2 rings (SSSR count). The van der Waals surface area contributed by atoms with E-state index in [2.05, 4.69) is 20.9 Å². The number of carbonyl (C=O) groups is 1. The van der Waals surface area contributed by atoms with E-state index < -0.39 is 41.1 Å². The van der Waals surface area contributed by atoms with Gasteiger partial charge in [-0.3, -0.25) is 5.41 Å². The maximum absolute atomic E-state index is 13.4. The molecule has 0 aromatic carbocycles. The van der Waals surface area contributed by atoms with Crippen molar-refractivity contribution in [3.8, 4) is 5.75 Å². The second-order valence-electron chi connectivity index (χ2n) is 6.70. The predicted octanol–water partition coefficient (Wildman–Crippen LogP) is 2.52. The van der Waals surface area contributed by atoms with Crippen LogP contribution in [0, 0.1) is 5.41 Å². The number of aromatic nitrogens is 1. The lowest BCUT2D eigenvalue weighted by atomic mass is 9.99. The van der Waals surface area contributed by atoms with Gasteiger partial charge in [0.15, 0.2) is 10.9 Å². The van der Waals surface area contributed by atoms with E-state index in [4.69, 9.17) is 22.4 Å². The molecular weight excluding hydrogens is 423 g/mol. The largest absolute Gasteiger partial charge is 0.489 e.